The van der Waals surface area contributed by atoms with E-state index >= 15 is 0 Å². The van der Waals surface area contributed by atoms with Crippen molar-refractivity contribution in [2.45, 2.75) is 23.8 Å². The lowest BCUT2D eigenvalue weighted by atomic mass is 10.0. The van der Waals surface area contributed by atoms with Crippen molar-refractivity contribution in [1.29, 1.82) is 0 Å². The van der Waals surface area contributed by atoms with Crippen LogP contribution in [0, 0.1) is 0 Å². The van der Waals surface area contributed by atoms with Gasteiger partial charge in [-0.25, -0.2) is 8.42 Å². The Bertz CT molecular complexity index is 762. The predicted octanol–water partition coefficient (Wildman–Crippen LogP) is 0.819. The van der Waals surface area contributed by atoms with E-state index in [9.17, 15) is 18.0 Å². The van der Waals surface area contributed by atoms with Crippen molar-refractivity contribution in [3.05, 3.63) is 24.3 Å². The summed E-state index contributed by atoms with van der Waals surface area (Å²) in [5.41, 5.74) is -0.0173. The Morgan fingerprint density at radius 2 is 2.13 bits per heavy atom. The zero-order chi connectivity index (χ0) is 16.7. The van der Waals surface area contributed by atoms with Crippen LogP contribution in [0.25, 0.3) is 0 Å². The minimum absolute atomic E-state index is 0.0495. The van der Waals surface area contributed by atoms with Crippen molar-refractivity contribution in [1.82, 2.24) is 5.32 Å². The first-order chi connectivity index (χ1) is 10.8. The third-order valence-corrected chi connectivity index (χ3v) is 7.01. The molecule has 2 heterocycles. The highest BCUT2D eigenvalue weighted by molar-refractivity contribution is 8.00. The second-order valence-corrected chi connectivity index (χ2v) is 9.39. The monoisotopic (exact) mass is 354 g/mol. The summed E-state index contributed by atoms with van der Waals surface area (Å²) in [6, 6.07) is 7.45. The average Bonchev–Trinajstić information content (AvgIpc) is 2.75. The molecule has 6 nitrogen and oxygen atoms in total. The number of nitrogens with one attached hydrogen (secondary N) is 1. The molecule has 2 aliphatic rings. The number of anilines is 1. The zero-order valence-electron chi connectivity index (χ0n) is 12.7. The SMILES string of the molecule is C[C@@]1(NC(=O)CN2C(=O)CSc3ccccc32)CCS(=O)(=O)C1. The summed E-state index contributed by atoms with van der Waals surface area (Å²) in [5, 5.41) is 2.79. The highest BCUT2D eigenvalue weighted by Crippen LogP contribution is 2.34. The van der Waals surface area contributed by atoms with Gasteiger partial charge in [-0.2, -0.15) is 0 Å². The van der Waals surface area contributed by atoms with Gasteiger partial charge in [0.25, 0.3) is 0 Å². The minimum atomic E-state index is -3.09. The summed E-state index contributed by atoms with van der Waals surface area (Å²) in [4.78, 5) is 26.9. The first-order valence-corrected chi connectivity index (χ1v) is 10.1. The van der Waals surface area contributed by atoms with E-state index in [1.807, 2.05) is 24.3 Å². The van der Waals surface area contributed by atoms with Gasteiger partial charge in [-0.3, -0.25) is 9.59 Å². The highest BCUT2D eigenvalue weighted by Gasteiger charge is 2.40. The Morgan fingerprint density at radius 1 is 1.39 bits per heavy atom. The van der Waals surface area contributed by atoms with Crippen molar-refractivity contribution < 1.29 is 18.0 Å². The number of carbonyl (C=O) groups excluding carboxylic acids is 2. The molecule has 8 heteroatoms. The van der Waals surface area contributed by atoms with Crippen molar-refractivity contribution in [3.63, 3.8) is 0 Å². The van der Waals surface area contributed by atoms with Crippen LogP contribution in [0.1, 0.15) is 13.3 Å². The molecule has 3 rings (SSSR count). The molecule has 0 saturated carbocycles. The van der Waals surface area contributed by atoms with E-state index in [1.165, 1.54) is 16.7 Å². The van der Waals surface area contributed by atoms with Crippen LogP contribution in [-0.2, 0) is 19.4 Å². The third kappa shape index (κ3) is 3.53. The maximum Gasteiger partial charge on any atom is 0.240 e. The van der Waals surface area contributed by atoms with Crippen LogP contribution < -0.4 is 10.2 Å². The van der Waals surface area contributed by atoms with E-state index in [0.717, 1.165) is 10.6 Å². The van der Waals surface area contributed by atoms with Gasteiger partial charge >= 0.3 is 0 Å². The summed E-state index contributed by atoms with van der Waals surface area (Å²) in [6.45, 7) is 1.64. The van der Waals surface area contributed by atoms with Crippen LogP contribution in [0.3, 0.4) is 0 Å². The molecule has 23 heavy (non-hydrogen) atoms. The highest BCUT2D eigenvalue weighted by atomic mass is 32.2. The molecule has 1 saturated heterocycles. The molecule has 1 atom stereocenters. The van der Waals surface area contributed by atoms with Crippen molar-refractivity contribution >= 4 is 39.1 Å². The van der Waals surface area contributed by atoms with E-state index in [-0.39, 0.29) is 29.9 Å². The molecule has 0 aromatic heterocycles. The number of para-hydroxylation sites is 1. The molecule has 2 amide bonds. The normalized spacial score (nSPS) is 26.0. The van der Waals surface area contributed by atoms with Crippen LogP contribution in [0.15, 0.2) is 29.2 Å². The number of benzene rings is 1. The fourth-order valence-electron chi connectivity index (χ4n) is 2.96. The molecule has 0 bridgehead atoms. The topological polar surface area (TPSA) is 83.6 Å². The molecule has 0 radical (unpaired) electrons. The van der Waals surface area contributed by atoms with Gasteiger partial charge in [-0.15, -0.1) is 11.8 Å². The van der Waals surface area contributed by atoms with E-state index in [4.69, 9.17) is 0 Å². The second kappa shape index (κ2) is 5.83. The fourth-order valence-corrected chi connectivity index (χ4v) is 5.98. The van der Waals surface area contributed by atoms with Crippen LogP contribution in [0.2, 0.25) is 0 Å². The van der Waals surface area contributed by atoms with E-state index < -0.39 is 15.4 Å². The molecule has 2 aliphatic heterocycles. The summed E-state index contributed by atoms with van der Waals surface area (Å²) in [6.07, 6.45) is 0.404. The molecule has 0 unspecified atom stereocenters. The molecule has 1 fully saturated rings. The van der Waals surface area contributed by atoms with Crippen LogP contribution >= 0.6 is 11.8 Å². The van der Waals surface area contributed by atoms with E-state index in [2.05, 4.69) is 5.32 Å². The lowest BCUT2D eigenvalue weighted by Gasteiger charge is -2.30. The van der Waals surface area contributed by atoms with Gasteiger partial charge in [0.1, 0.15) is 6.54 Å². The van der Waals surface area contributed by atoms with Crippen molar-refractivity contribution in [2.75, 3.05) is 28.7 Å². The summed E-state index contributed by atoms with van der Waals surface area (Å²) in [7, 11) is -3.09. The number of hydrogen-bond acceptors (Lipinski definition) is 5. The van der Waals surface area contributed by atoms with Gasteiger partial charge < -0.3 is 10.2 Å². The number of thioether (sulfide) groups is 1. The molecule has 1 N–H and O–H groups in total. The molecular weight excluding hydrogens is 336 g/mol. The Morgan fingerprint density at radius 3 is 2.83 bits per heavy atom. The van der Waals surface area contributed by atoms with Crippen LogP contribution in [-0.4, -0.2) is 49.6 Å². The number of amides is 2. The average molecular weight is 354 g/mol. The predicted molar refractivity (Wildman–Crippen MR) is 89.3 cm³/mol. The number of hydrogen-bond donors (Lipinski definition) is 1. The Hall–Kier alpha value is -1.54. The maximum absolute atomic E-state index is 12.3. The Balaban J connectivity index is 1.72. The van der Waals surface area contributed by atoms with Gasteiger partial charge in [0.15, 0.2) is 9.84 Å². The Kier molecular flexibility index (Phi) is 4.14. The maximum atomic E-state index is 12.3. The minimum Gasteiger partial charge on any atom is -0.348 e. The number of rotatable bonds is 3. The summed E-state index contributed by atoms with van der Waals surface area (Å²) in [5.74, 6) is -0.110. The van der Waals surface area contributed by atoms with Gasteiger partial charge in [0.2, 0.25) is 11.8 Å². The smallest absolute Gasteiger partial charge is 0.240 e. The summed E-state index contributed by atoms with van der Waals surface area (Å²) >= 11 is 1.46. The van der Waals surface area contributed by atoms with Crippen LogP contribution in [0.5, 0.6) is 0 Å². The van der Waals surface area contributed by atoms with Crippen molar-refractivity contribution in [2.24, 2.45) is 0 Å². The lowest BCUT2D eigenvalue weighted by Crippen LogP contribution is -2.52. The van der Waals surface area contributed by atoms with Gasteiger partial charge in [0.05, 0.1) is 28.5 Å². The number of nitrogens with zero attached hydrogens (tertiary/aromatic N) is 1. The summed E-state index contributed by atoms with van der Waals surface area (Å²) < 4.78 is 23.2. The standard InChI is InChI=1S/C15H18N2O4S2/c1-15(6-7-23(20,21)10-15)16-13(18)8-17-11-4-2-3-5-12(11)22-9-14(17)19/h2-5H,6-10H2,1H3,(H,16,18)/t15-/m1/s1. The molecular formula is C15H18N2O4S2. The van der Waals surface area contributed by atoms with Gasteiger partial charge in [-0.1, -0.05) is 12.1 Å². The largest absolute Gasteiger partial charge is 0.348 e. The van der Waals surface area contributed by atoms with Gasteiger partial charge in [-0.05, 0) is 25.5 Å². The first kappa shape index (κ1) is 16.3. The second-order valence-electron chi connectivity index (χ2n) is 6.19. The molecule has 124 valence electrons. The van der Waals surface area contributed by atoms with Crippen LogP contribution in [0.4, 0.5) is 5.69 Å². The molecule has 0 aliphatic carbocycles. The van der Waals surface area contributed by atoms with Gasteiger partial charge in [0, 0.05) is 4.90 Å². The van der Waals surface area contributed by atoms with Crippen molar-refractivity contribution in [3.8, 4) is 0 Å². The first-order valence-electron chi connectivity index (χ1n) is 7.32. The zero-order valence-corrected chi connectivity index (χ0v) is 14.4. The molecule has 1 aromatic rings. The molecule has 0 spiro atoms. The number of fused-ring (bicyclic) bond motifs is 1. The lowest BCUT2D eigenvalue weighted by molar-refractivity contribution is -0.124. The number of sulfone groups is 1. The third-order valence-electron chi connectivity index (χ3n) is 4.05. The Labute approximate surface area is 139 Å². The van der Waals surface area contributed by atoms with E-state index in [0.29, 0.717) is 12.2 Å². The fraction of sp³-hybridized carbons (Fsp3) is 0.467. The molecule has 1 aromatic carbocycles. The number of carbonyl (C=O) groups is 2. The van der Waals surface area contributed by atoms with E-state index in [1.54, 1.807) is 6.92 Å². The quantitative estimate of drug-likeness (QED) is 0.869.